The number of nitrogens with zero attached hydrogens (tertiary/aromatic N) is 1. The first kappa shape index (κ1) is 17.1. The lowest BCUT2D eigenvalue weighted by Crippen LogP contribution is -2.05. The zero-order valence-corrected chi connectivity index (χ0v) is 14.1. The number of benzene rings is 2. The summed E-state index contributed by atoms with van der Waals surface area (Å²) in [5.74, 6) is 0. The molecule has 4 heteroatoms. The highest BCUT2D eigenvalue weighted by atomic mass is 35.5. The van der Waals surface area contributed by atoms with Gasteiger partial charge in [-0.15, -0.1) is 0 Å². The zero-order valence-electron chi connectivity index (χ0n) is 13.3. The first-order chi connectivity index (χ1) is 11.1. The van der Waals surface area contributed by atoms with Crippen LogP contribution in [-0.4, -0.2) is 5.71 Å². The van der Waals surface area contributed by atoms with Crippen molar-refractivity contribution in [3.05, 3.63) is 70.9 Å². The van der Waals surface area contributed by atoms with Crippen molar-refractivity contribution >= 4 is 28.7 Å². The minimum absolute atomic E-state index is 0.654. The fourth-order valence-corrected chi connectivity index (χ4v) is 2.39. The fraction of sp³-hybridized carbons (Fsp3) is 0.211. The van der Waals surface area contributed by atoms with Gasteiger partial charge in [-0.3, -0.25) is 0 Å². The number of aliphatic imine (C=N–C) groups is 1. The maximum absolute atomic E-state index is 6.33. The molecule has 0 aromatic heterocycles. The zero-order chi connectivity index (χ0) is 16.7. The smallest absolute Gasteiger partial charge is 0.0741 e. The molecular formula is C19H22ClN3. The number of unbranched alkanes of at least 4 members (excludes halogenated alkanes) is 1. The third-order valence-corrected chi connectivity index (χ3v) is 3.76. The third kappa shape index (κ3) is 5.15. The van der Waals surface area contributed by atoms with E-state index in [4.69, 9.17) is 28.1 Å². The van der Waals surface area contributed by atoms with Gasteiger partial charge in [-0.05, 0) is 49.2 Å². The minimum atomic E-state index is 0.654. The molecule has 0 heterocycles. The molecule has 0 saturated heterocycles. The number of nitrogens with two attached hydrogens (primary N) is 2. The molecule has 0 saturated carbocycles. The quantitative estimate of drug-likeness (QED) is 0.574. The summed E-state index contributed by atoms with van der Waals surface area (Å²) in [5.41, 5.74) is 15.8. The number of nitrogen functional groups attached to an aromatic ring is 1. The van der Waals surface area contributed by atoms with Crippen molar-refractivity contribution in [2.24, 2.45) is 10.7 Å². The summed E-state index contributed by atoms with van der Waals surface area (Å²) < 4.78 is 0. The highest BCUT2D eigenvalue weighted by Gasteiger charge is 2.07. The van der Waals surface area contributed by atoms with E-state index >= 15 is 0 Å². The average Bonchev–Trinajstić information content (AvgIpc) is 2.55. The predicted molar refractivity (Wildman–Crippen MR) is 100 cm³/mol. The third-order valence-electron chi connectivity index (χ3n) is 3.43. The second-order valence-corrected chi connectivity index (χ2v) is 5.80. The summed E-state index contributed by atoms with van der Waals surface area (Å²) in [6.07, 6.45) is 4.92. The molecule has 4 N–H and O–H groups in total. The van der Waals surface area contributed by atoms with Gasteiger partial charge < -0.3 is 11.5 Å². The molecule has 0 aliphatic rings. The van der Waals surface area contributed by atoms with Gasteiger partial charge in [0.25, 0.3) is 0 Å². The second-order valence-electron chi connectivity index (χ2n) is 5.39. The van der Waals surface area contributed by atoms with Crippen LogP contribution in [0.3, 0.4) is 0 Å². The van der Waals surface area contributed by atoms with Crippen LogP contribution in [0.15, 0.2) is 65.3 Å². The summed E-state index contributed by atoms with van der Waals surface area (Å²) in [6.45, 7) is 2.14. The average molecular weight is 328 g/mol. The molecule has 23 heavy (non-hydrogen) atoms. The summed E-state index contributed by atoms with van der Waals surface area (Å²) in [7, 11) is 0. The number of allylic oxidation sites excluding steroid dienone is 2. The largest absolute Gasteiger partial charge is 0.402 e. The molecular weight excluding hydrogens is 306 g/mol. The van der Waals surface area contributed by atoms with E-state index in [2.05, 4.69) is 6.92 Å². The van der Waals surface area contributed by atoms with Gasteiger partial charge in [0.05, 0.1) is 11.4 Å². The lowest BCUT2D eigenvalue weighted by Gasteiger charge is -2.07. The van der Waals surface area contributed by atoms with Crippen LogP contribution in [0, 0.1) is 0 Å². The van der Waals surface area contributed by atoms with Gasteiger partial charge in [0.2, 0.25) is 0 Å². The molecule has 2 rings (SSSR count). The fourth-order valence-electron chi connectivity index (χ4n) is 2.16. The van der Waals surface area contributed by atoms with E-state index < -0.39 is 0 Å². The Kier molecular flexibility index (Phi) is 6.24. The molecule has 0 atom stereocenters. The first-order valence-corrected chi connectivity index (χ1v) is 8.13. The maximum Gasteiger partial charge on any atom is 0.0741 e. The van der Waals surface area contributed by atoms with E-state index in [0.717, 1.165) is 41.9 Å². The second kappa shape index (κ2) is 8.39. The molecule has 120 valence electrons. The van der Waals surface area contributed by atoms with Crippen molar-refractivity contribution in [1.29, 1.82) is 0 Å². The molecule has 0 unspecified atom stereocenters. The Labute approximate surface area is 142 Å². The van der Waals surface area contributed by atoms with E-state index in [1.807, 2.05) is 54.6 Å². The molecule has 3 nitrogen and oxygen atoms in total. The van der Waals surface area contributed by atoms with Crippen LogP contribution >= 0.6 is 11.6 Å². The number of anilines is 1. The van der Waals surface area contributed by atoms with Gasteiger partial charge in [0.1, 0.15) is 0 Å². The van der Waals surface area contributed by atoms with E-state index in [-0.39, 0.29) is 0 Å². The Morgan fingerprint density at radius 1 is 1.13 bits per heavy atom. The van der Waals surface area contributed by atoms with E-state index in [0.29, 0.717) is 10.7 Å². The van der Waals surface area contributed by atoms with Gasteiger partial charge >= 0.3 is 0 Å². The summed E-state index contributed by atoms with van der Waals surface area (Å²) in [6, 6.07) is 15.0. The van der Waals surface area contributed by atoms with Crippen molar-refractivity contribution in [3.63, 3.8) is 0 Å². The molecule has 0 fully saturated rings. The standard InChI is InChI=1S/C19H22ClN3/c1-2-3-6-15(22)13-19(17-7-4-5-8-18(17)20)23-16-11-9-14(21)10-12-16/h4-5,7-13H,2-3,6,21-22H2,1H3. The van der Waals surface area contributed by atoms with Crippen molar-refractivity contribution in [2.75, 3.05) is 5.73 Å². The Morgan fingerprint density at radius 2 is 1.83 bits per heavy atom. The van der Waals surface area contributed by atoms with Crippen LogP contribution in [0.1, 0.15) is 31.7 Å². The molecule has 0 spiro atoms. The van der Waals surface area contributed by atoms with Crippen LogP contribution < -0.4 is 11.5 Å². The van der Waals surface area contributed by atoms with E-state index in [9.17, 15) is 0 Å². The highest BCUT2D eigenvalue weighted by Crippen LogP contribution is 2.22. The van der Waals surface area contributed by atoms with Gasteiger partial charge in [0.15, 0.2) is 0 Å². The van der Waals surface area contributed by atoms with Crippen LogP contribution in [0.5, 0.6) is 0 Å². The lowest BCUT2D eigenvalue weighted by atomic mass is 10.1. The van der Waals surface area contributed by atoms with Crippen LogP contribution in [0.25, 0.3) is 0 Å². The molecule has 2 aromatic carbocycles. The molecule has 0 radical (unpaired) electrons. The Balaban J connectivity index is 2.43. The van der Waals surface area contributed by atoms with Crippen molar-refractivity contribution in [3.8, 4) is 0 Å². The Morgan fingerprint density at radius 3 is 2.48 bits per heavy atom. The minimum Gasteiger partial charge on any atom is -0.402 e. The van der Waals surface area contributed by atoms with Gasteiger partial charge in [-0.25, -0.2) is 4.99 Å². The monoisotopic (exact) mass is 327 g/mol. The topological polar surface area (TPSA) is 64.4 Å². The molecule has 0 bridgehead atoms. The lowest BCUT2D eigenvalue weighted by molar-refractivity contribution is 0.782. The first-order valence-electron chi connectivity index (χ1n) is 7.75. The van der Waals surface area contributed by atoms with Gasteiger partial charge in [-0.2, -0.15) is 0 Å². The highest BCUT2D eigenvalue weighted by molar-refractivity contribution is 6.35. The predicted octanol–water partition coefficient (Wildman–Crippen LogP) is 5.08. The van der Waals surface area contributed by atoms with Crippen molar-refractivity contribution in [2.45, 2.75) is 26.2 Å². The maximum atomic E-state index is 6.33. The molecule has 0 amide bonds. The van der Waals surface area contributed by atoms with E-state index in [1.165, 1.54) is 0 Å². The SMILES string of the molecule is CCCCC(N)=CC(=Nc1ccc(N)cc1)c1ccccc1Cl. The van der Waals surface area contributed by atoms with Crippen molar-refractivity contribution < 1.29 is 0 Å². The molecule has 0 aliphatic heterocycles. The van der Waals surface area contributed by atoms with Crippen LogP contribution in [-0.2, 0) is 0 Å². The Bertz CT molecular complexity index is 703. The normalized spacial score (nSPS) is 12.4. The van der Waals surface area contributed by atoms with Crippen LogP contribution in [0.2, 0.25) is 5.02 Å². The molecule has 0 aliphatic carbocycles. The van der Waals surface area contributed by atoms with Gasteiger partial charge in [0, 0.05) is 22.0 Å². The summed E-state index contributed by atoms with van der Waals surface area (Å²) in [5, 5.41) is 0.654. The number of rotatable bonds is 6. The van der Waals surface area contributed by atoms with Crippen LogP contribution in [0.4, 0.5) is 11.4 Å². The number of hydrogen-bond donors (Lipinski definition) is 2. The number of hydrogen-bond acceptors (Lipinski definition) is 3. The Hall–Kier alpha value is -2.26. The van der Waals surface area contributed by atoms with E-state index in [1.54, 1.807) is 0 Å². The summed E-state index contributed by atoms with van der Waals surface area (Å²) in [4.78, 5) is 4.70. The van der Waals surface area contributed by atoms with Crippen molar-refractivity contribution in [1.82, 2.24) is 0 Å². The number of halogens is 1. The summed E-state index contributed by atoms with van der Waals surface area (Å²) >= 11 is 6.33. The molecule has 2 aromatic rings. The van der Waals surface area contributed by atoms with Gasteiger partial charge in [-0.1, -0.05) is 43.1 Å².